The van der Waals surface area contributed by atoms with Crippen LogP contribution in [-0.4, -0.2) is 18.1 Å². The van der Waals surface area contributed by atoms with Gasteiger partial charge in [0.05, 0.1) is 18.7 Å². The quantitative estimate of drug-likeness (QED) is 0.542. The molecule has 0 saturated carbocycles. The molecule has 3 aromatic rings. The van der Waals surface area contributed by atoms with E-state index in [0.717, 1.165) is 27.6 Å². The number of methoxy groups -OCH3 is 1. The van der Waals surface area contributed by atoms with Crippen LogP contribution < -0.4 is 20.7 Å². The molecule has 0 fully saturated rings. The van der Waals surface area contributed by atoms with Gasteiger partial charge in [-0.1, -0.05) is 48.0 Å². The van der Waals surface area contributed by atoms with Gasteiger partial charge in [-0.15, -0.1) is 0 Å². The first-order valence-electron chi connectivity index (χ1n) is 9.70. The molecule has 1 atom stereocenters. The van der Waals surface area contributed by atoms with Crippen LogP contribution in [0.3, 0.4) is 0 Å². The predicted octanol–water partition coefficient (Wildman–Crippen LogP) is 4.59. The summed E-state index contributed by atoms with van der Waals surface area (Å²) in [5, 5.41) is 11.9. The number of allylic oxidation sites excluding steroid dienone is 1. The van der Waals surface area contributed by atoms with E-state index in [-0.39, 0.29) is 5.91 Å². The fourth-order valence-electron chi connectivity index (χ4n) is 3.80. The van der Waals surface area contributed by atoms with Gasteiger partial charge in [-0.05, 0) is 55.0 Å². The molecule has 3 aromatic carbocycles. The van der Waals surface area contributed by atoms with Crippen LogP contribution in [0.5, 0.6) is 5.75 Å². The molecule has 0 bridgehead atoms. The van der Waals surface area contributed by atoms with Crippen LogP contribution in [0.25, 0.3) is 10.8 Å². The lowest BCUT2D eigenvalue weighted by atomic mass is 9.90. The maximum absolute atomic E-state index is 13.4. The lowest BCUT2D eigenvalue weighted by Crippen LogP contribution is -2.46. The number of carbonyl (C=O) groups excluding carboxylic acids is 1. The van der Waals surface area contributed by atoms with Crippen LogP contribution in [-0.2, 0) is 4.79 Å². The first-order valence-corrected chi connectivity index (χ1v) is 10.1. The lowest BCUT2D eigenvalue weighted by Gasteiger charge is -2.32. The normalized spacial score (nSPS) is 16.1. The molecule has 1 heterocycles. The van der Waals surface area contributed by atoms with Crippen LogP contribution in [0.2, 0.25) is 0 Å². The zero-order chi connectivity index (χ0) is 21.3. The van der Waals surface area contributed by atoms with E-state index in [9.17, 15) is 4.79 Å². The molecule has 0 unspecified atom stereocenters. The molecule has 5 nitrogen and oxygen atoms in total. The summed E-state index contributed by atoms with van der Waals surface area (Å²) in [6.07, 6.45) is 0. The van der Waals surface area contributed by atoms with Gasteiger partial charge in [-0.25, -0.2) is 0 Å². The first kappa shape index (κ1) is 19.9. The Bertz CT molecular complexity index is 1170. The lowest BCUT2D eigenvalue weighted by molar-refractivity contribution is -0.113. The predicted molar refractivity (Wildman–Crippen MR) is 125 cm³/mol. The molecule has 0 spiro atoms. The van der Waals surface area contributed by atoms with Crippen molar-refractivity contribution in [3.05, 3.63) is 83.1 Å². The summed E-state index contributed by atoms with van der Waals surface area (Å²) in [6.45, 7) is 3.87. The van der Waals surface area contributed by atoms with Crippen LogP contribution in [0, 0.1) is 6.92 Å². The number of carbonyl (C=O) groups is 1. The van der Waals surface area contributed by atoms with Crippen molar-refractivity contribution in [1.82, 2.24) is 10.6 Å². The van der Waals surface area contributed by atoms with Crippen LogP contribution in [0.4, 0.5) is 5.69 Å². The van der Waals surface area contributed by atoms with Crippen LogP contribution in [0.15, 0.2) is 71.9 Å². The van der Waals surface area contributed by atoms with E-state index in [4.69, 9.17) is 17.0 Å². The number of anilines is 1. The van der Waals surface area contributed by atoms with Gasteiger partial charge in [-0.2, -0.15) is 0 Å². The third-order valence-electron chi connectivity index (χ3n) is 5.26. The molecule has 0 saturated heterocycles. The van der Waals surface area contributed by atoms with Gasteiger partial charge in [0.1, 0.15) is 5.75 Å². The molecular weight excluding hydrogens is 394 g/mol. The van der Waals surface area contributed by atoms with Crippen LogP contribution in [0.1, 0.15) is 24.1 Å². The Balaban J connectivity index is 1.82. The van der Waals surface area contributed by atoms with E-state index >= 15 is 0 Å². The SMILES string of the molecule is COc1ccc2ccccc2c1[C@@H]1NC(=S)NC(C)=C1C(=O)Nc1ccc(C)cc1. The Hall–Kier alpha value is -3.38. The van der Waals surface area contributed by atoms with Crippen molar-refractivity contribution in [2.24, 2.45) is 0 Å². The number of amides is 1. The summed E-state index contributed by atoms with van der Waals surface area (Å²) in [4.78, 5) is 13.4. The highest BCUT2D eigenvalue weighted by atomic mass is 32.1. The molecule has 3 N–H and O–H groups in total. The van der Waals surface area contributed by atoms with Gasteiger partial charge in [0.25, 0.3) is 5.91 Å². The van der Waals surface area contributed by atoms with E-state index in [1.807, 2.05) is 74.5 Å². The van der Waals surface area contributed by atoms with Gasteiger partial charge < -0.3 is 20.7 Å². The van der Waals surface area contributed by atoms with E-state index in [1.54, 1.807) is 7.11 Å². The second-order valence-corrected chi connectivity index (χ2v) is 7.70. The van der Waals surface area contributed by atoms with Gasteiger partial charge in [-0.3, -0.25) is 4.79 Å². The summed E-state index contributed by atoms with van der Waals surface area (Å²) in [5.74, 6) is 0.503. The highest BCUT2D eigenvalue weighted by Crippen LogP contribution is 2.38. The summed E-state index contributed by atoms with van der Waals surface area (Å²) in [6, 6.07) is 19.3. The third kappa shape index (κ3) is 3.74. The van der Waals surface area contributed by atoms with Crippen molar-refractivity contribution in [3.63, 3.8) is 0 Å². The number of aryl methyl sites for hydroxylation is 1. The molecule has 1 amide bonds. The molecule has 1 aliphatic rings. The second kappa shape index (κ2) is 8.16. The number of hydrogen-bond acceptors (Lipinski definition) is 3. The number of ether oxygens (including phenoxy) is 1. The maximum Gasteiger partial charge on any atom is 0.255 e. The Morgan fingerprint density at radius 2 is 1.77 bits per heavy atom. The number of thiocarbonyl (C=S) groups is 1. The summed E-state index contributed by atoms with van der Waals surface area (Å²) in [7, 11) is 1.63. The van der Waals surface area contributed by atoms with Crippen molar-refractivity contribution in [2.75, 3.05) is 12.4 Å². The fourth-order valence-corrected chi connectivity index (χ4v) is 4.07. The van der Waals surface area contributed by atoms with Gasteiger partial charge >= 0.3 is 0 Å². The van der Waals surface area contributed by atoms with Gasteiger partial charge in [0.2, 0.25) is 0 Å². The van der Waals surface area contributed by atoms with Crippen molar-refractivity contribution in [2.45, 2.75) is 19.9 Å². The van der Waals surface area contributed by atoms with Crippen molar-refractivity contribution in [3.8, 4) is 5.75 Å². The molecule has 0 radical (unpaired) electrons. The van der Waals surface area contributed by atoms with E-state index in [2.05, 4.69) is 16.0 Å². The highest BCUT2D eigenvalue weighted by molar-refractivity contribution is 7.80. The second-order valence-electron chi connectivity index (χ2n) is 7.29. The largest absolute Gasteiger partial charge is 0.496 e. The van der Waals surface area contributed by atoms with Gasteiger partial charge in [0.15, 0.2) is 5.11 Å². The zero-order valence-corrected chi connectivity index (χ0v) is 17.9. The number of benzene rings is 3. The third-order valence-corrected chi connectivity index (χ3v) is 5.48. The monoisotopic (exact) mass is 417 g/mol. The standard InChI is InChI=1S/C24H23N3O2S/c1-14-8-11-17(12-9-14)26-23(28)20-15(2)25-24(30)27-22(20)21-18-7-5-4-6-16(18)10-13-19(21)29-3/h4-13,22H,1-3H3,(H,26,28)(H2,25,27,30)/t22-/m1/s1. The molecule has 1 aliphatic heterocycles. The molecule has 152 valence electrons. The summed E-state index contributed by atoms with van der Waals surface area (Å²) < 4.78 is 5.68. The average Bonchev–Trinajstić information content (AvgIpc) is 2.73. The van der Waals surface area contributed by atoms with E-state index in [0.29, 0.717) is 22.1 Å². The Kier molecular flexibility index (Phi) is 5.42. The topological polar surface area (TPSA) is 62.4 Å². The highest BCUT2D eigenvalue weighted by Gasteiger charge is 2.33. The minimum Gasteiger partial charge on any atom is -0.496 e. The minimum atomic E-state index is -0.453. The molecule has 0 aromatic heterocycles. The first-order chi connectivity index (χ1) is 14.5. The Morgan fingerprint density at radius 1 is 1.03 bits per heavy atom. The van der Waals surface area contributed by atoms with Crippen LogP contribution >= 0.6 is 12.2 Å². The summed E-state index contributed by atoms with van der Waals surface area (Å²) in [5.41, 5.74) is 4.03. The number of rotatable bonds is 4. The number of nitrogens with one attached hydrogen (secondary N) is 3. The van der Waals surface area contributed by atoms with Crippen molar-refractivity contribution < 1.29 is 9.53 Å². The number of fused-ring (bicyclic) bond motifs is 1. The smallest absolute Gasteiger partial charge is 0.255 e. The molecule has 0 aliphatic carbocycles. The van der Waals surface area contributed by atoms with Gasteiger partial charge in [0, 0.05) is 16.9 Å². The van der Waals surface area contributed by atoms with Crippen molar-refractivity contribution >= 4 is 39.7 Å². The maximum atomic E-state index is 13.4. The Labute approximate surface area is 181 Å². The molecule has 6 heteroatoms. The Morgan fingerprint density at radius 3 is 2.50 bits per heavy atom. The fraction of sp³-hybridized carbons (Fsp3) is 0.167. The van der Waals surface area contributed by atoms with E-state index < -0.39 is 6.04 Å². The summed E-state index contributed by atoms with van der Waals surface area (Å²) >= 11 is 5.42. The molecule has 4 rings (SSSR count). The zero-order valence-electron chi connectivity index (χ0n) is 17.1. The van der Waals surface area contributed by atoms with Crippen molar-refractivity contribution in [1.29, 1.82) is 0 Å². The molecular formula is C24H23N3O2S. The van der Waals surface area contributed by atoms with E-state index in [1.165, 1.54) is 0 Å². The molecule has 30 heavy (non-hydrogen) atoms. The average molecular weight is 418 g/mol. The number of hydrogen-bond donors (Lipinski definition) is 3. The minimum absolute atomic E-state index is 0.196.